The van der Waals surface area contributed by atoms with Gasteiger partial charge in [-0.15, -0.1) is 0 Å². The van der Waals surface area contributed by atoms with Crippen LogP contribution in [0.3, 0.4) is 0 Å². The largest absolute Gasteiger partial charge is 0.497 e. The molecule has 0 atom stereocenters. The molecular formula is C15H21NO3. The minimum atomic E-state index is 0.175. The predicted molar refractivity (Wildman–Crippen MR) is 73.5 cm³/mol. The van der Waals surface area contributed by atoms with E-state index in [4.69, 9.17) is 9.47 Å². The second-order valence-electron chi connectivity index (χ2n) is 4.94. The first kappa shape index (κ1) is 13.7. The molecule has 0 aromatic heterocycles. The third-order valence-corrected chi connectivity index (χ3v) is 3.60. The normalized spacial score (nSPS) is 16.2. The molecule has 1 aliphatic heterocycles. The highest BCUT2D eigenvalue weighted by Gasteiger charge is 2.20. The molecule has 0 N–H and O–H groups in total. The summed E-state index contributed by atoms with van der Waals surface area (Å²) in [6.45, 7) is 4.06. The summed E-state index contributed by atoms with van der Waals surface area (Å²) >= 11 is 0. The van der Waals surface area contributed by atoms with Crippen LogP contribution in [0.2, 0.25) is 0 Å². The number of ether oxygens (including phenoxy) is 2. The second kappa shape index (κ2) is 6.45. The average molecular weight is 263 g/mol. The number of hydrogen-bond acceptors (Lipinski definition) is 3. The number of hydrogen-bond donors (Lipinski definition) is 0. The minimum absolute atomic E-state index is 0.175. The first-order chi connectivity index (χ1) is 9.19. The molecule has 0 radical (unpaired) electrons. The summed E-state index contributed by atoms with van der Waals surface area (Å²) in [5.74, 6) is 2.42. The Bertz CT molecular complexity index is 408. The molecule has 1 saturated heterocycles. The van der Waals surface area contributed by atoms with Crippen LogP contribution in [0.5, 0.6) is 11.5 Å². The lowest BCUT2D eigenvalue weighted by atomic mass is 9.98. The van der Waals surface area contributed by atoms with E-state index in [-0.39, 0.29) is 5.91 Å². The first-order valence-electron chi connectivity index (χ1n) is 6.71. The minimum Gasteiger partial charge on any atom is -0.497 e. The first-order valence-corrected chi connectivity index (χ1v) is 6.71. The summed E-state index contributed by atoms with van der Waals surface area (Å²) < 4.78 is 10.9. The lowest BCUT2D eigenvalue weighted by Crippen LogP contribution is -2.38. The van der Waals surface area contributed by atoms with Gasteiger partial charge in [0.15, 0.2) is 0 Å². The van der Waals surface area contributed by atoms with Crippen molar-refractivity contribution in [2.75, 3.05) is 26.8 Å². The molecule has 19 heavy (non-hydrogen) atoms. The van der Waals surface area contributed by atoms with Gasteiger partial charge in [0, 0.05) is 20.0 Å². The van der Waals surface area contributed by atoms with E-state index in [1.807, 2.05) is 29.2 Å². The van der Waals surface area contributed by atoms with Crippen molar-refractivity contribution in [1.29, 1.82) is 0 Å². The van der Waals surface area contributed by atoms with Gasteiger partial charge in [-0.25, -0.2) is 0 Å². The third-order valence-electron chi connectivity index (χ3n) is 3.60. The van der Waals surface area contributed by atoms with Crippen molar-refractivity contribution in [3.63, 3.8) is 0 Å². The molecule has 1 fully saturated rings. The molecule has 4 nitrogen and oxygen atoms in total. The van der Waals surface area contributed by atoms with Gasteiger partial charge < -0.3 is 14.4 Å². The number of rotatable bonds is 4. The number of methoxy groups -OCH3 is 1. The van der Waals surface area contributed by atoms with E-state index < -0.39 is 0 Å². The highest BCUT2D eigenvalue weighted by Crippen LogP contribution is 2.21. The van der Waals surface area contributed by atoms with Crippen molar-refractivity contribution in [3.05, 3.63) is 24.3 Å². The zero-order valence-corrected chi connectivity index (χ0v) is 11.6. The van der Waals surface area contributed by atoms with Crippen LogP contribution in [0, 0.1) is 5.92 Å². The maximum absolute atomic E-state index is 11.2. The van der Waals surface area contributed by atoms with E-state index >= 15 is 0 Å². The molecule has 0 unspecified atom stereocenters. The number of likely N-dealkylation sites (tertiary alicyclic amines) is 1. The van der Waals surface area contributed by atoms with Gasteiger partial charge in [0.05, 0.1) is 13.7 Å². The Morgan fingerprint density at radius 3 is 2.32 bits per heavy atom. The highest BCUT2D eigenvalue weighted by atomic mass is 16.5. The average Bonchev–Trinajstić information content (AvgIpc) is 2.46. The van der Waals surface area contributed by atoms with Crippen LogP contribution < -0.4 is 9.47 Å². The summed E-state index contributed by atoms with van der Waals surface area (Å²) in [7, 11) is 1.65. The SMILES string of the molecule is COc1ccc(OCC2CCN(C(C)=O)CC2)cc1. The summed E-state index contributed by atoms with van der Waals surface area (Å²) in [5.41, 5.74) is 0. The summed E-state index contributed by atoms with van der Waals surface area (Å²) in [5, 5.41) is 0. The lowest BCUT2D eigenvalue weighted by molar-refractivity contribution is -0.130. The Kier molecular flexibility index (Phi) is 4.66. The van der Waals surface area contributed by atoms with Gasteiger partial charge in [0.2, 0.25) is 5.91 Å². The van der Waals surface area contributed by atoms with Crippen LogP contribution in [-0.2, 0) is 4.79 Å². The lowest BCUT2D eigenvalue weighted by Gasteiger charge is -2.31. The van der Waals surface area contributed by atoms with Crippen LogP contribution in [0.1, 0.15) is 19.8 Å². The maximum atomic E-state index is 11.2. The van der Waals surface area contributed by atoms with E-state index in [0.717, 1.165) is 44.0 Å². The van der Waals surface area contributed by atoms with Crippen LogP contribution in [0.15, 0.2) is 24.3 Å². The predicted octanol–water partition coefficient (Wildman–Crippen LogP) is 2.33. The Morgan fingerprint density at radius 1 is 1.21 bits per heavy atom. The van der Waals surface area contributed by atoms with Gasteiger partial charge in [-0.2, -0.15) is 0 Å². The van der Waals surface area contributed by atoms with Crippen molar-refractivity contribution >= 4 is 5.91 Å². The summed E-state index contributed by atoms with van der Waals surface area (Å²) in [6.07, 6.45) is 2.05. The number of nitrogens with zero attached hydrogens (tertiary/aromatic N) is 1. The van der Waals surface area contributed by atoms with E-state index in [1.165, 1.54) is 0 Å². The summed E-state index contributed by atoms with van der Waals surface area (Å²) in [4.78, 5) is 13.1. The molecule has 1 heterocycles. The number of carbonyl (C=O) groups is 1. The van der Waals surface area contributed by atoms with E-state index in [0.29, 0.717) is 5.92 Å². The molecule has 0 bridgehead atoms. The Balaban J connectivity index is 1.75. The molecule has 104 valence electrons. The Hall–Kier alpha value is -1.71. The van der Waals surface area contributed by atoms with Crippen LogP contribution in [0.25, 0.3) is 0 Å². The zero-order chi connectivity index (χ0) is 13.7. The molecule has 0 aliphatic carbocycles. The van der Waals surface area contributed by atoms with Crippen molar-refractivity contribution < 1.29 is 14.3 Å². The Morgan fingerprint density at radius 2 is 1.79 bits per heavy atom. The van der Waals surface area contributed by atoms with E-state index in [1.54, 1.807) is 14.0 Å². The topological polar surface area (TPSA) is 38.8 Å². The zero-order valence-electron chi connectivity index (χ0n) is 11.6. The molecule has 0 spiro atoms. The monoisotopic (exact) mass is 263 g/mol. The smallest absolute Gasteiger partial charge is 0.219 e. The number of carbonyl (C=O) groups excluding carboxylic acids is 1. The van der Waals surface area contributed by atoms with Crippen molar-refractivity contribution in [2.24, 2.45) is 5.92 Å². The van der Waals surface area contributed by atoms with Gasteiger partial charge >= 0.3 is 0 Å². The van der Waals surface area contributed by atoms with Gasteiger partial charge in [-0.3, -0.25) is 4.79 Å². The van der Waals surface area contributed by atoms with Crippen molar-refractivity contribution in [1.82, 2.24) is 4.90 Å². The maximum Gasteiger partial charge on any atom is 0.219 e. The van der Waals surface area contributed by atoms with Gasteiger partial charge in [0.1, 0.15) is 11.5 Å². The molecular weight excluding hydrogens is 242 g/mol. The highest BCUT2D eigenvalue weighted by molar-refractivity contribution is 5.73. The summed E-state index contributed by atoms with van der Waals surface area (Å²) in [6, 6.07) is 7.63. The van der Waals surface area contributed by atoms with E-state index in [2.05, 4.69) is 0 Å². The van der Waals surface area contributed by atoms with Gasteiger partial charge in [-0.05, 0) is 43.0 Å². The standard InChI is InChI=1S/C15H21NO3/c1-12(17)16-9-7-13(8-10-16)11-19-15-5-3-14(18-2)4-6-15/h3-6,13H,7-11H2,1-2H3. The number of piperidine rings is 1. The third kappa shape index (κ3) is 3.88. The number of benzene rings is 1. The quantitative estimate of drug-likeness (QED) is 0.837. The fraction of sp³-hybridized carbons (Fsp3) is 0.533. The van der Waals surface area contributed by atoms with Crippen LogP contribution in [0.4, 0.5) is 0 Å². The molecule has 1 aromatic rings. The van der Waals surface area contributed by atoms with Gasteiger partial charge in [-0.1, -0.05) is 0 Å². The molecule has 1 aliphatic rings. The van der Waals surface area contributed by atoms with Crippen LogP contribution >= 0.6 is 0 Å². The number of amides is 1. The molecule has 4 heteroatoms. The van der Waals surface area contributed by atoms with Crippen LogP contribution in [-0.4, -0.2) is 37.6 Å². The van der Waals surface area contributed by atoms with Crippen molar-refractivity contribution in [2.45, 2.75) is 19.8 Å². The second-order valence-corrected chi connectivity index (χ2v) is 4.94. The molecule has 0 saturated carbocycles. The van der Waals surface area contributed by atoms with Gasteiger partial charge in [0.25, 0.3) is 0 Å². The fourth-order valence-electron chi connectivity index (χ4n) is 2.30. The molecule has 1 amide bonds. The van der Waals surface area contributed by atoms with E-state index in [9.17, 15) is 4.79 Å². The van der Waals surface area contributed by atoms with Crippen molar-refractivity contribution in [3.8, 4) is 11.5 Å². The Labute approximate surface area is 114 Å². The molecule has 1 aromatic carbocycles. The molecule has 2 rings (SSSR count). The fourth-order valence-corrected chi connectivity index (χ4v) is 2.30.